The van der Waals surface area contributed by atoms with Crippen LogP contribution in [0.4, 0.5) is 10.5 Å². The molecular weight excluding hydrogens is 398 g/mol. The van der Waals surface area contributed by atoms with Crippen molar-refractivity contribution in [1.29, 1.82) is 0 Å². The smallest absolute Gasteiger partial charge is 0.325 e. The van der Waals surface area contributed by atoms with E-state index in [2.05, 4.69) is 24.5 Å². The zero-order chi connectivity index (χ0) is 22.8. The predicted octanol–water partition coefficient (Wildman–Crippen LogP) is 3.23. The number of urea groups is 1. The first-order valence-corrected chi connectivity index (χ1v) is 9.96. The van der Waals surface area contributed by atoms with Crippen LogP contribution in [-0.2, 0) is 15.1 Å². The number of benzene rings is 2. The van der Waals surface area contributed by atoms with Crippen molar-refractivity contribution in [3.8, 4) is 11.5 Å². The van der Waals surface area contributed by atoms with E-state index in [-0.39, 0.29) is 6.54 Å². The largest absolute Gasteiger partial charge is 0.493 e. The number of imide groups is 1. The molecule has 0 saturated carbocycles. The first-order chi connectivity index (χ1) is 14.7. The molecule has 0 radical (unpaired) electrons. The van der Waals surface area contributed by atoms with Gasteiger partial charge in [0.2, 0.25) is 5.91 Å². The van der Waals surface area contributed by atoms with Crippen LogP contribution in [0.15, 0.2) is 42.5 Å². The van der Waals surface area contributed by atoms with Gasteiger partial charge in [0.05, 0.1) is 14.2 Å². The van der Waals surface area contributed by atoms with Crippen molar-refractivity contribution in [3.05, 3.63) is 53.6 Å². The Bertz CT molecular complexity index is 1000. The number of anilines is 1. The molecule has 1 aliphatic heterocycles. The van der Waals surface area contributed by atoms with E-state index in [0.29, 0.717) is 28.7 Å². The van der Waals surface area contributed by atoms with Crippen LogP contribution >= 0.6 is 0 Å². The Morgan fingerprint density at radius 3 is 2.29 bits per heavy atom. The molecule has 1 fully saturated rings. The van der Waals surface area contributed by atoms with Crippen molar-refractivity contribution in [2.24, 2.45) is 0 Å². The molecule has 1 atom stereocenters. The number of hydrogen-bond donors (Lipinski definition) is 2. The first-order valence-electron chi connectivity index (χ1n) is 9.96. The van der Waals surface area contributed by atoms with Crippen molar-refractivity contribution < 1.29 is 23.9 Å². The van der Waals surface area contributed by atoms with Crippen LogP contribution in [0.5, 0.6) is 11.5 Å². The van der Waals surface area contributed by atoms with Gasteiger partial charge in [-0.25, -0.2) is 4.79 Å². The molecular formula is C23H27N3O5. The number of carbonyl (C=O) groups excluding carboxylic acids is 3. The third-order valence-electron chi connectivity index (χ3n) is 5.40. The lowest BCUT2D eigenvalue weighted by Gasteiger charge is -2.23. The molecule has 4 amide bonds. The first kappa shape index (κ1) is 22.1. The fourth-order valence-corrected chi connectivity index (χ4v) is 3.48. The van der Waals surface area contributed by atoms with E-state index < -0.39 is 23.4 Å². The van der Waals surface area contributed by atoms with Crippen molar-refractivity contribution in [3.63, 3.8) is 0 Å². The maximum atomic E-state index is 13.1. The number of hydrogen-bond acceptors (Lipinski definition) is 5. The van der Waals surface area contributed by atoms with Crippen LogP contribution in [0.3, 0.4) is 0 Å². The molecule has 8 nitrogen and oxygen atoms in total. The standard InChI is InChI=1S/C23H27N3O5/c1-14(2)15-6-9-17(10-7-15)24-20(27)13-26-21(28)23(3,25-22(26)29)16-8-11-18(30-4)19(12-16)31-5/h6-12,14H,13H2,1-5H3,(H,24,27)(H,25,29). The molecule has 1 aliphatic rings. The highest BCUT2D eigenvalue weighted by molar-refractivity contribution is 6.10. The second-order valence-electron chi connectivity index (χ2n) is 7.84. The second kappa shape index (κ2) is 8.67. The quantitative estimate of drug-likeness (QED) is 0.664. The van der Waals surface area contributed by atoms with Crippen LogP contribution in [0.1, 0.15) is 37.8 Å². The van der Waals surface area contributed by atoms with E-state index >= 15 is 0 Å². The Hall–Kier alpha value is -3.55. The number of amides is 4. The van der Waals surface area contributed by atoms with Crippen LogP contribution < -0.4 is 20.1 Å². The van der Waals surface area contributed by atoms with Gasteiger partial charge in [0, 0.05) is 5.69 Å². The summed E-state index contributed by atoms with van der Waals surface area (Å²) in [6.45, 7) is 5.37. The normalized spacial score (nSPS) is 18.2. The molecule has 2 aromatic carbocycles. The van der Waals surface area contributed by atoms with E-state index in [4.69, 9.17) is 9.47 Å². The molecule has 2 N–H and O–H groups in total. The monoisotopic (exact) mass is 425 g/mol. The minimum absolute atomic E-state index is 0.380. The molecule has 0 spiro atoms. The summed E-state index contributed by atoms with van der Waals surface area (Å²) in [6, 6.07) is 11.8. The van der Waals surface area contributed by atoms with Crippen molar-refractivity contribution in [2.45, 2.75) is 32.2 Å². The molecule has 1 heterocycles. The highest BCUT2D eigenvalue weighted by atomic mass is 16.5. The lowest BCUT2D eigenvalue weighted by molar-refractivity contribution is -0.133. The van der Waals surface area contributed by atoms with E-state index in [1.54, 1.807) is 37.3 Å². The summed E-state index contributed by atoms with van der Waals surface area (Å²) in [5, 5.41) is 5.41. The summed E-state index contributed by atoms with van der Waals surface area (Å²) in [5.41, 5.74) is 0.952. The molecule has 3 rings (SSSR count). The maximum Gasteiger partial charge on any atom is 0.325 e. The topological polar surface area (TPSA) is 97.0 Å². The van der Waals surface area contributed by atoms with Crippen LogP contribution in [0.25, 0.3) is 0 Å². The summed E-state index contributed by atoms with van der Waals surface area (Å²) < 4.78 is 10.5. The minimum atomic E-state index is -1.32. The minimum Gasteiger partial charge on any atom is -0.493 e. The summed E-state index contributed by atoms with van der Waals surface area (Å²) >= 11 is 0. The Morgan fingerprint density at radius 2 is 1.71 bits per heavy atom. The summed E-state index contributed by atoms with van der Waals surface area (Å²) in [6.07, 6.45) is 0. The average Bonchev–Trinajstić information content (AvgIpc) is 2.97. The highest BCUT2D eigenvalue weighted by Gasteiger charge is 2.49. The van der Waals surface area contributed by atoms with E-state index in [9.17, 15) is 14.4 Å². The summed E-state index contributed by atoms with van der Waals surface area (Å²) in [4.78, 5) is 39.0. The Morgan fingerprint density at radius 1 is 1.06 bits per heavy atom. The number of ether oxygens (including phenoxy) is 2. The lowest BCUT2D eigenvalue weighted by Crippen LogP contribution is -2.42. The van der Waals surface area contributed by atoms with Gasteiger partial charge >= 0.3 is 6.03 Å². The SMILES string of the molecule is COc1ccc(C2(C)NC(=O)N(CC(=O)Nc3ccc(C(C)C)cc3)C2=O)cc1OC. The molecule has 164 valence electrons. The Kier molecular flexibility index (Phi) is 6.19. The zero-order valence-corrected chi connectivity index (χ0v) is 18.3. The molecule has 2 aromatic rings. The zero-order valence-electron chi connectivity index (χ0n) is 18.3. The Balaban J connectivity index is 1.74. The average molecular weight is 425 g/mol. The van der Waals surface area contributed by atoms with Crippen LogP contribution in [0, 0.1) is 0 Å². The maximum absolute atomic E-state index is 13.1. The van der Waals surface area contributed by atoms with E-state index in [1.165, 1.54) is 14.2 Å². The molecule has 31 heavy (non-hydrogen) atoms. The lowest BCUT2D eigenvalue weighted by atomic mass is 9.91. The third-order valence-corrected chi connectivity index (χ3v) is 5.40. The highest BCUT2D eigenvalue weighted by Crippen LogP contribution is 2.35. The van der Waals surface area contributed by atoms with Gasteiger partial charge in [0.1, 0.15) is 12.1 Å². The third kappa shape index (κ3) is 4.33. The van der Waals surface area contributed by atoms with Gasteiger partial charge < -0.3 is 20.1 Å². The predicted molar refractivity (Wildman–Crippen MR) is 116 cm³/mol. The summed E-state index contributed by atoms with van der Waals surface area (Å²) in [7, 11) is 3.00. The number of carbonyl (C=O) groups is 3. The molecule has 1 unspecified atom stereocenters. The molecule has 0 aliphatic carbocycles. The van der Waals surface area contributed by atoms with Gasteiger partial charge in [-0.15, -0.1) is 0 Å². The van der Waals surface area contributed by atoms with Gasteiger partial charge in [0.25, 0.3) is 5.91 Å². The molecule has 8 heteroatoms. The fraction of sp³-hybridized carbons (Fsp3) is 0.348. The van der Waals surface area contributed by atoms with Crippen molar-refractivity contribution >= 4 is 23.5 Å². The van der Waals surface area contributed by atoms with Crippen molar-refractivity contribution in [2.75, 3.05) is 26.1 Å². The number of rotatable bonds is 7. The van der Waals surface area contributed by atoms with Gasteiger partial charge in [0.15, 0.2) is 11.5 Å². The summed E-state index contributed by atoms with van der Waals surface area (Å²) in [5.74, 6) is 0.341. The molecule has 0 bridgehead atoms. The number of nitrogens with one attached hydrogen (secondary N) is 2. The van der Waals surface area contributed by atoms with Crippen molar-refractivity contribution in [1.82, 2.24) is 10.2 Å². The van der Waals surface area contributed by atoms with Gasteiger partial charge in [-0.1, -0.05) is 32.0 Å². The van der Waals surface area contributed by atoms with Gasteiger partial charge in [-0.3, -0.25) is 14.5 Å². The number of methoxy groups -OCH3 is 2. The van der Waals surface area contributed by atoms with E-state index in [0.717, 1.165) is 10.5 Å². The second-order valence-corrected chi connectivity index (χ2v) is 7.84. The van der Waals surface area contributed by atoms with Gasteiger partial charge in [-0.05, 0) is 48.2 Å². The fourth-order valence-electron chi connectivity index (χ4n) is 3.48. The molecule has 1 saturated heterocycles. The van der Waals surface area contributed by atoms with Crippen LogP contribution in [-0.4, -0.2) is 43.5 Å². The Labute approximate surface area is 181 Å². The van der Waals surface area contributed by atoms with Gasteiger partial charge in [-0.2, -0.15) is 0 Å². The molecule has 0 aromatic heterocycles. The van der Waals surface area contributed by atoms with E-state index in [1.807, 2.05) is 12.1 Å². The number of nitrogens with zero attached hydrogens (tertiary/aromatic N) is 1. The van der Waals surface area contributed by atoms with Crippen LogP contribution in [0.2, 0.25) is 0 Å².